The van der Waals surface area contributed by atoms with E-state index in [0.29, 0.717) is 17.6 Å². The van der Waals surface area contributed by atoms with E-state index >= 15 is 0 Å². The van der Waals surface area contributed by atoms with Crippen LogP contribution in [-0.4, -0.2) is 41.1 Å². The molecule has 1 N–H and O–H groups in total. The quantitative estimate of drug-likeness (QED) is 0.256. The molecule has 1 saturated heterocycles. The van der Waals surface area contributed by atoms with Crippen LogP contribution in [-0.2, 0) is 9.47 Å². The third-order valence-corrected chi connectivity index (χ3v) is 7.88. The zero-order chi connectivity index (χ0) is 27.8. The number of carbonyl (C=O) groups excluding carboxylic acids is 1. The van der Waals surface area contributed by atoms with Crippen LogP contribution in [0.2, 0.25) is 0 Å². The third kappa shape index (κ3) is 5.20. The fraction of sp³-hybridized carbons (Fsp3) is 0.438. The molecule has 8 nitrogen and oxygen atoms in total. The van der Waals surface area contributed by atoms with Crippen LogP contribution in [0.1, 0.15) is 63.4 Å². The van der Waals surface area contributed by atoms with Gasteiger partial charge < -0.3 is 23.2 Å². The van der Waals surface area contributed by atoms with Gasteiger partial charge in [-0.05, 0) is 76.8 Å². The third-order valence-electron chi connectivity index (χ3n) is 7.88. The Morgan fingerprint density at radius 3 is 2.42 bits per heavy atom. The molecule has 0 unspecified atom stereocenters. The van der Waals surface area contributed by atoms with Crippen LogP contribution in [0.5, 0.6) is 5.75 Å². The summed E-state index contributed by atoms with van der Waals surface area (Å²) in [7, 11) is 0. The summed E-state index contributed by atoms with van der Waals surface area (Å²) in [6.07, 6.45) is 4.75. The van der Waals surface area contributed by atoms with Crippen molar-refractivity contribution in [2.24, 2.45) is 0 Å². The highest BCUT2D eigenvalue weighted by molar-refractivity contribution is 6.03. The van der Waals surface area contributed by atoms with Gasteiger partial charge in [-0.15, -0.1) is 0 Å². The Morgan fingerprint density at radius 1 is 1.05 bits per heavy atom. The molecule has 4 aromatic rings. The van der Waals surface area contributed by atoms with E-state index in [1.54, 1.807) is 0 Å². The minimum atomic E-state index is -0.463. The molecule has 0 radical (unpaired) electrons. The standard InChI is InChI=1S/C32H37N3O5/c1-19(2)38-32(36)34-23-10-8-22(9-11-23)30-29(31-33-20(3)21(4)39-31)27-13-12-26(40-25-14-16-37-17-15-25)18-28(27)35(30)24-6-5-7-24/h8-13,18-19,24-25H,5-7,14-17H2,1-4H3,(H,34,36). The molecule has 40 heavy (non-hydrogen) atoms. The van der Waals surface area contributed by atoms with E-state index in [-0.39, 0.29) is 12.2 Å². The summed E-state index contributed by atoms with van der Waals surface area (Å²) in [5.41, 5.74) is 5.76. The summed E-state index contributed by atoms with van der Waals surface area (Å²) >= 11 is 0. The largest absolute Gasteiger partial charge is 0.490 e. The second kappa shape index (κ2) is 11.0. The van der Waals surface area contributed by atoms with Crippen molar-refractivity contribution in [1.29, 1.82) is 0 Å². The number of hydrogen-bond acceptors (Lipinski definition) is 6. The highest BCUT2D eigenvalue weighted by Crippen LogP contribution is 2.47. The highest BCUT2D eigenvalue weighted by atomic mass is 16.6. The lowest BCUT2D eigenvalue weighted by Crippen LogP contribution is -2.25. The van der Waals surface area contributed by atoms with Crippen LogP contribution >= 0.6 is 0 Å². The van der Waals surface area contributed by atoms with Gasteiger partial charge in [-0.1, -0.05) is 12.1 Å². The summed E-state index contributed by atoms with van der Waals surface area (Å²) < 4.78 is 25.9. The lowest BCUT2D eigenvalue weighted by Gasteiger charge is -2.30. The first kappa shape index (κ1) is 26.4. The molecular weight excluding hydrogens is 506 g/mol. The minimum absolute atomic E-state index is 0.164. The lowest BCUT2D eigenvalue weighted by molar-refractivity contribution is 0.0256. The average Bonchev–Trinajstić information content (AvgIpc) is 3.40. The molecule has 3 heterocycles. The van der Waals surface area contributed by atoms with Gasteiger partial charge >= 0.3 is 6.09 Å². The zero-order valence-electron chi connectivity index (χ0n) is 23.7. The smallest absolute Gasteiger partial charge is 0.411 e. The van der Waals surface area contributed by atoms with Crippen LogP contribution in [0.4, 0.5) is 10.5 Å². The number of benzene rings is 2. The molecule has 8 heteroatoms. The van der Waals surface area contributed by atoms with Crippen molar-refractivity contribution in [1.82, 2.24) is 9.55 Å². The highest BCUT2D eigenvalue weighted by Gasteiger charge is 2.30. The molecule has 1 aliphatic carbocycles. The van der Waals surface area contributed by atoms with Gasteiger partial charge in [0.15, 0.2) is 0 Å². The molecule has 2 aromatic carbocycles. The summed E-state index contributed by atoms with van der Waals surface area (Å²) in [6, 6.07) is 14.7. The molecule has 1 aliphatic heterocycles. The van der Waals surface area contributed by atoms with E-state index in [1.165, 1.54) is 6.42 Å². The van der Waals surface area contributed by atoms with Gasteiger partial charge in [0.05, 0.1) is 41.8 Å². The number of aryl methyl sites for hydroxylation is 2. The molecule has 0 spiro atoms. The van der Waals surface area contributed by atoms with Crippen molar-refractivity contribution in [3.63, 3.8) is 0 Å². The maximum Gasteiger partial charge on any atom is 0.411 e. The van der Waals surface area contributed by atoms with Gasteiger partial charge in [-0.3, -0.25) is 5.32 Å². The normalized spacial score (nSPS) is 16.3. The molecule has 1 saturated carbocycles. The maximum absolute atomic E-state index is 12.2. The van der Waals surface area contributed by atoms with Crippen LogP contribution in [0.25, 0.3) is 33.6 Å². The number of ether oxygens (including phenoxy) is 3. The molecule has 0 atom stereocenters. The van der Waals surface area contributed by atoms with Gasteiger partial charge in [0.1, 0.15) is 17.6 Å². The molecule has 2 aromatic heterocycles. The van der Waals surface area contributed by atoms with Crippen LogP contribution in [0.3, 0.4) is 0 Å². The van der Waals surface area contributed by atoms with Gasteiger partial charge in [0.2, 0.25) is 5.89 Å². The second-order valence-corrected chi connectivity index (χ2v) is 11.1. The van der Waals surface area contributed by atoms with Gasteiger partial charge in [-0.25, -0.2) is 9.78 Å². The van der Waals surface area contributed by atoms with Crippen LogP contribution < -0.4 is 10.1 Å². The number of amides is 1. The van der Waals surface area contributed by atoms with Crippen molar-refractivity contribution < 1.29 is 23.4 Å². The summed E-state index contributed by atoms with van der Waals surface area (Å²) in [4.78, 5) is 17.0. The number of nitrogens with zero attached hydrogens (tertiary/aromatic N) is 2. The van der Waals surface area contributed by atoms with E-state index in [9.17, 15) is 4.79 Å². The monoisotopic (exact) mass is 543 g/mol. The molecule has 1 amide bonds. The minimum Gasteiger partial charge on any atom is -0.490 e. The van der Waals surface area contributed by atoms with Gasteiger partial charge in [-0.2, -0.15) is 0 Å². The van der Waals surface area contributed by atoms with Crippen molar-refractivity contribution in [2.75, 3.05) is 18.5 Å². The predicted molar refractivity (Wildman–Crippen MR) is 155 cm³/mol. The topological polar surface area (TPSA) is 87.8 Å². The molecule has 2 aliphatic rings. The molecule has 6 rings (SSSR count). The molecule has 2 fully saturated rings. The number of carbonyl (C=O) groups is 1. The summed E-state index contributed by atoms with van der Waals surface area (Å²) in [5.74, 6) is 2.31. The Balaban J connectivity index is 1.47. The van der Waals surface area contributed by atoms with Crippen LogP contribution in [0, 0.1) is 13.8 Å². The van der Waals surface area contributed by atoms with E-state index in [2.05, 4.69) is 28.1 Å². The van der Waals surface area contributed by atoms with E-state index in [1.807, 2.05) is 52.0 Å². The van der Waals surface area contributed by atoms with Crippen molar-refractivity contribution >= 4 is 22.7 Å². The predicted octanol–water partition coefficient (Wildman–Crippen LogP) is 7.82. The number of nitrogens with one attached hydrogen (secondary N) is 1. The van der Waals surface area contributed by atoms with Gasteiger partial charge in [0, 0.05) is 36.0 Å². The van der Waals surface area contributed by atoms with Crippen molar-refractivity contribution in [3.05, 3.63) is 53.9 Å². The zero-order valence-corrected chi connectivity index (χ0v) is 23.7. The average molecular weight is 544 g/mol. The SMILES string of the molecule is Cc1nc(-c2c(-c3ccc(NC(=O)OC(C)C)cc3)n(C3CCC3)c3cc(OC4CCOCC4)ccc23)oc1C. The Morgan fingerprint density at radius 2 is 1.80 bits per heavy atom. The first-order valence-electron chi connectivity index (χ1n) is 14.3. The maximum atomic E-state index is 12.2. The molecule has 0 bridgehead atoms. The fourth-order valence-electron chi connectivity index (χ4n) is 5.53. The van der Waals surface area contributed by atoms with Gasteiger partial charge in [0.25, 0.3) is 0 Å². The Labute approximate surface area is 234 Å². The fourth-order valence-corrected chi connectivity index (χ4v) is 5.53. The van der Waals surface area contributed by atoms with E-state index < -0.39 is 6.09 Å². The number of anilines is 1. The lowest BCUT2D eigenvalue weighted by atomic mass is 9.92. The Bertz CT molecular complexity index is 1490. The summed E-state index contributed by atoms with van der Waals surface area (Å²) in [6.45, 7) is 9.06. The number of oxazole rings is 1. The van der Waals surface area contributed by atoms with Crippen LogP contribution in [0.15, 0.2) is 46.9 Å². The number of rotatable bonds is 7. The molecular formula is C32H37N3O5. The number of aromatic nitrogens is 2. The van der Waals surface area contributed by atoms with Crippen molar-refractivity contribution in [2.45, 2.75) is 78.0 Å². The first-order chi connectivity index (χ1) is 19.4. The first-order valence-corrected chi connectivity index (χ1v) is 14.3. The number of hydrogen-bond donors (Lipinski definition) is 1. The van der Waals surface area contributed by atoms with Crippen molar-refractivity contribution in [3.8, 4) is 28.5 Å². The summed E-state index contributed by atoms with van der Waals surface area (Å²) in [5, 5.41) is 3.91. The Kier molecular flexibility index (Phi) is 7.27. The molecule has 210 valence electrons. The Hall–Kier alpha value is -3.78. The van der Waals surface area contributed by atoms with E-state index in [0.717, 1.165) is 83.8 Å². The van der Waals surface area contributed by atoms with E-state index in [4.69, 9.17) is 23.6 Å². The second-order valence-electron chi connectivity index (χ2n) is 11.1. The number of fused-ring (bicyclic) bond motifs is 1.